The Morgan fingerprint density at radius 3 is 2.10 bits per heavy atom. The Labute approximate surface area is 113 Å². The van der Waals surface area contributed by atoms with Crippen molar-refractivity contribution in [3.8, 4) is 0 Å². The summed E-state index contributed by atoms with van der Waals surface area (Å²) in [6, 6.07) is 0. The number of aliphatic carboxylic acids is 1. The van der Waals surface area contributed by atoms with Crippen molar-refractivity contribution in [1.82, 2.24) is 0 Å². The van der Waals surface area contributed by atoms with E-state index in [1.807, 2.05) is 0 Å². The molecule has 10 heteroatoms. The van der Waals surface area contributed by atoms with Gasteiger partial charge in [0.1, 0.15) is 36.6 Å². The fourth-order valence-corrected chi connectivity index (χ4v) is 2.06. The van der Waals surface area contributed by atoms with Crippen molar-refractivity contribution in [2.45, 2.75) is 42.2 Å². The average Bonchev–Trinajstić information content (AvgIpc) is 2.43. The first-order chi connectivity index (χ1) is 9.21. The highest BCUT2D eigenvalue weighted by Gasteiger charge is 2.59. The van der Waals surface area contributed by atoms with E-state index in [9.17, 15) is 30.3 Å². The van der Waals surface area contributed by atoms with Crippen LogP contribution in [0.25, 0.3) is 0 Å². The Bertz CT molecular complexity index is 347. The van der Waals surface area contributed by atoms with Gasteiger partial charge >= 0.3 is 5.97 Å². The third-order valence-corrected chi connectivity index (χ3v) is 3.35. The first kappa shape index (κ1) is 17.2. The maximum Gasteiger partial charge on any atom is 0.341 e. The molecule has 0 aliphatic carbocycles. The van der Waals surface area contributed by atoms with Crippen LogP contribution in [0.3, 0.4) is 0 Å². The van der Waals surface area contributed by atoms with E-state index in [2.05, 4.69) is 0 Å². The Morgan fingerprint density at radius 1 is 1.15 bits per heavy atom. The number of hydrogen-bond acceptors (Lipinski definition) is 9. The van der Waals surface area contributed by atoms with Crippen LogP contribution in [-0.2, 0) is 9.53 Å². The van der Waals surface area contributed by atoms with Crippen LogP contribution in [0.2, 0.25) is 0 Å². The molecule has 1 rings (SSSR count). The van der Waals surface area contributed by atoms with Gasteiger partial charge in [-0.05, 0) is 0 Å². The van der Waals surface area contributed by atoms with Crippen molar-refractivity contribution in [2.24, 2.45) is 0 Å². The first-order valence-electron chi connectivity index (χ1n) is 5.77. The minimum Gasteiger partial charge on any atom is -0.479 e. The zero-order valence-corrected chi connectivity index (χ0v) is 10.3. The van der Waals surface area contributed by atoms with E-state index < -0.39 is 61.4 Å². The largest absolute Gasteiger partial charge is 0.479 e. The van der Waals surface area contributed by atoms with Crippen LogP contribution in [0.1, 0.15) is 0 Å². The number of carbonyl (C=O) groups is 1. The minimum atomic E-state index is -3.14. The van der Waals surface area contributed by atoms with E-state index >= 15 is 0 Å². The monoisotopic (exact) mass is 298 g/mol. The molecule has 1 unspecified atom stereocenters. The number of aliphatic hydroxyl groups is 7. The third-order valence-electron chi connectivity index (χ3n) is 3.35. The van der Waals surface area contributed by atoms with Crippen molar-refractivity contribution in [1.29, 1.82) is 0 Å². The van der Waals surface area contributed by atoms with E-state index in [1.54, 1.807) is 0 Å². The van der Waals surface area contributed by atoms with Gasteiger partial charge in [0.05, 0.1) is 13.2 Å². The normalized spacial score (nSPS) is 39.0. The summed E-state index contributed by atoms with van der Waals surface area (Å²) in [6.07, 6.45) is -11.5. The molecule has 0 radical (unpaired) electrons. The topological polar surface area (TPSA) is 188 Å². The van der Waals surface area contributed by atoms with Gasteiger partial charge in [-0.1, -0.05) is 0 Å². The second kappa shape index (κ2) is 6.28. The molecule has 0 amide bonds. The maximum atomic E-state index is 11.1. The van der Waals surface area contributed by atoms with E-state index in [0.717, 1.165) is 0 Å². The quantitative estimate of drug-likeness (QED) is 0.244. The van der Waals surface area contributed by atoms with Crippen LogP contribution in [0.4, 0.5) is 0 Å². The number of rotatable bonds is 5. The zero-order chi connectivity index (χ0) is 15.7. The second-order valence-electron chi connectivity index (χ2n) is 4.58. The fourth-order valence-electron chi connectivity index (χ4n) is 2.06. The van der Waals surface area contributed by atoms with E-state index in [4.69, 9.17) is 20.1 Å². The van der Waals surface area contributed by atoms with Gasteiger partial charge in [-0.2, -0.15) is 0 Å². The molecular formula is C10H18O10. The molecule has 1 saturated heterocycles. The SMILES string of the molecule is O=C(O)[C@@](O)(C1O[C@H](CO)[C@H](O)[C@H](O)[C@H]1O)[C@H](O)CO. The molecule has 1 heterocycles. The molecule has 20 heavy (non-hydrogen) atoms. The van der Waals surface area contributed by atoms with Gasteiger partial charge in [0.15, 0.2) is 0 Å². The molecular weight excluding hydrogens is 280 g/mol. The van der Waals surface area contributed by atoms with E-state index in [-0.39, 0.29) is 0 Å². The lowest BCUT2D eigenvalue weighted by molar-refractivity contribution is -0.284. The molecule has 8 N–H and O–H groups in total. The van der Waals surface area contributed by atoms with Crippen LogP contribution in [-0.4, -0.2) is 102 Å². The second-order valence-corrected chi connectivity index (χ2v) is 4.58. The molecule has 0 bridgehead atoms. The van der Waals surface area contributed by atoms with Crippen LogP contribution < -0.4 is 0 Å². The lowest BCUT2D eigenvalue weighted by Gasteiger charge is -2.46. The highest BCUT2D eigenvalue weighted by atomic mass is 16.6. The van der Waals surface area contributed by atoms with Crippen LogP contribution in [0, 0.1) is 0 Å². The summed E-state index contributed by atoms with van der Waals surface area (Å²) in [5, 5.41) is 75.0. The molecule has 0 spiro atoms. The molecule has 0 aromatic heterocycles. The number of carboxylic acid groups (broad SMARTS) is 1. The summed E-state index contributed by atoms with van der Waals surface area (Å²) in [5.74, 6) is -2.01. The van der Waals surface area contributed by atoms with Gasteiger partial charge in [-0.15, -0.1) is 0 Å². The third kappa shape index (κ3) is 2.64. The summed E-state index contributed by atoms with van der Waals surface area (Å²) in [6.45, 7) is -1.98. The Balaban J connectivity index is 3.16. The van der Waals surface area contributed by atoms with Gasteiger partial charge in [0, 0.05) is 0 Å². The molecule has 1 fully saturated rings. The Morgan fingerprint density at radius 2 is 1.70 bits per heavy atom. The van der Waals surface area contributed by atoms with E-state index in [0.29, 0.717) is 0 Å². The first-order valence-corrected chi connectivity index (χ1v) is 5.77. The highest BCUT2D eigenvalue weighted by Crippen LogP contribution is 2.30. The fraction of sp³-hybridized carbons (Fsp3) is 0.900. The summed E-state index contributed by atoms with van der Waals surface area (Å²) < 4.78 is 4.87. The zero-order valence-electron chi connectivity index (χ0n) is 10.3. The van der Waals surface area contributed by atoms with Gasteiger partial charge < -0.3 is 45.6 Å². The molecule has 1 aliphatic heterocycles. The lowest BCUT2D eigenvalue weighted by Crippen LogP contribution is -2.71. The number of hydrogen-bond donors (Lipinski definition) is 8. The number of aliphatic hydroxyl groups excluding tert-OH is 6. The predicted molar refractivity (Wildman–Crippen MR) is 59.4 cm³/mol. The molecule has 10 nitrogen and oxygen atoms in total. The summed E-state index contributed by atoms with van der Waals surface area (Å²) in [4.78, 5) is 11.1. The van der Waals surface area contributed by atoms with Crippen molar-refractivity contribution >= 4 is 5.97 Å². The van der Waals surface area contributed by atoms with Gasteiger partial charge in [-0.25, -0.2) is 4.79 Å². The summed E-state index contributed by atoms with van der Waals surface area (Å²) in [5.41, 5.74) is -3.14. The van der Waals surface area contributed by atoms with Gasteiger partial charge in [0.2, 0.25) is 5.60 Å². The van der Waals surface area contributed by atoms with Crippen molar-refractivity contribution in [3.05, 3.63) is 0 Å². The van der Waals surface area contributed by atoms with Crippen LogP contribution in [0.15, 0.2) is 0 Å². The van der Waals surface area contributed by atoms with Crippen molar-refractivity contribution < 1.29 is 50.4 Å². The molecule has 0 saturated carbocycles. The average molecular weight is 298 g/mol. The molecule has 0 aromatic carbocycles. The van der Waals surface area contributed by atoms with Gasteiger partial charge in [0.25, 0.3) is 0 Å². The predicted octanol–water partition coefficient (Wildman–Crippen LogP) is -5.00. The maximum absolute atomic E-state index is 11.1. The van der Waals surface area contributed by atoms with Gasteiger partial charge in [-0.3, -0.25) is 0 Å². The Kier molecular flexibility index (Phi) is 5.40. The molecule has 7 atom stereocenters. The van der Waals surface area contributed by atoms with Crippen LogP contribution >= 0.6 is 0 Å². The number of ether oxygens (including phenoxy) is 1. The standard InChI is InChI=1S/C10H18O10/c11-1-3-5(14)6(15)7(16)8(20-3)10(19,9(17)18)4(13)2-12/h3-8,11-16,19H,1-2H2,(H,17,18)/t3-,4-,5+,6+,7-,8?,10+/m1/s1. The molecule has 1 aliphatic rings. The van der Waals surface area contributed by atoms with Crippen LogP contribution in [0.5, 0.6) is 0 Å². The molecule has 118 valence electrons. The van der Waals surface area contributed by atoms with Crippen molar-refractivity contribution in [2.75, 3.05) is 13.2 Å². The lowest BCUT2D eigenvalue weighted by atomic mass is 9.81. The summed E-state index contributed by atoms with van der Waals surface area (Å²) >= 11 is 0. The van der Waals surface area contributed by atoms with Crippen molar-refractivity contribution in [3.63, 3.8) is 0 Å². The number of carboxylic acids is 1. The smallest absolute Gasteiger partial charge is 0.341 e. The van der Waals surface area contributed by atoms with E-state index in [1.165, 1.54) is 0 Å². The molecule has 0 aromatic rings. The highest BCUT2D eigenvalue weighted by molar-refractivity contribution is 5.79. The summed E-state index contributed by atoms with van der Waals surface area (Å²) in [7, 11) is 0. The Hall–Kier alpha value is -0.850. The minimum absolute atomic E-state index is 0.827.